The maximum Gasteiger partial charge on any atom is 0.228 e. The zero-order valence-electron chi connectivity index (χ0n) is 11.8. The van der Waals surface area contributed by atoms with E-state index in [1.165, 1.54) is 0 Å². The summed E-state index contributed by atoms with van der Waals surface area (Å²) in [7, 11) is 0. The first kappa shape index (κ1) is 12.9. The van der Waals surface area contributed by atoms with Crippen molar-refractivity contribution in [1.29, 1.82) is 0 Å². The van der Waals surface area contributed by atoms with E-state index in [0.717, 1.165) is 29.3 Å². The van der Waals surface area contributed by atoms with E-state index >= 15 is 0 Å². The van der Waals surface area contributed by atoms with Crippen LogP contribution in [0.5, 0.6) is 0 Å². The third kappa shape index (κ3) is 2.30. The summed E-state index contributed by atoms with van der Waals surface area (Å²) in [4.78, 5) is 19.7. The van der Waals surface area contributed by atoms with Crippen LogP contribution in [0.4, 0.5) is 5.69 Å². The first-order valence-corrected chi connectivity index (χ1v) is 7.26. The van der Waals surface area contributed by atoms with E-state index < -0.39 is 0 Å². The van der Waals surface area contributed by atoms with Crippen LogP contribution in [0.2, 0.25) is 0 Å². The van der Waals surface area contributed by atoms with Crippen LogP contribution in [0.3, 0.4) is 0 Å². The molecule has 110 valence electrons. The number of nitrogens with one attached hydrogen (secondary N) is 2. The Hall–Kier alpha value is -2.82. The van der Waals surface area contributed by atoms with Crippen molar-refractivity contribution in [3.63, 3.8) is 0 Å². The van der Waals surface area contributed by atoms with Crippen LogP contribution < -0.4 is 5.32 Å². The van der Waals surface area contributed by atoms with Gasteiger partial charge in [-0.25, -0.2) is 4.98 Å². The summed E-state index contributed by atoms with van der Waals surface area (Å²) in [6, 6.07) is 11.4. The average molecular weight is 293 g/mol. The highest BCUT2D eigenvalue weighted by Crippen LogP contribution is 2.48. The van der Waals surface area contributed by atoms with E-state index in [0.29, 0.717) is 0 Å². The molecular formula is C17H15N3O2. The molecule has 0 saturated heterocycles. The molecule has 1 fully saturated rings. The van der Waals surface area contributed by atoms with Crippen molar-refractivity contribution in [3.05, 3.63) is 60.8 Å². The van der Waals surface area contributed by atoms with Gasteiger partial charge in [-0.1, -0.05) is 12.1 Å². The van der Waals surface area contributed by atoms with Gasteiger partial charge in [0.2, 0.25) is 5.91 Å². The molecule has 5 nitrogen and oxygen atoms in total. The normalized spacial score (nSPS) is 19.8. The van der Waals surface area contributed by atoms with Crippen molar-refractivity contribution >= 4 is 11.6 Å². The number of benzene rings is 1. The number of hydrogen-bond donors (Lipinski definition) is 2. The van der Waals surface area contributed by atoms with Gasteiger partial charge in [0.15, 0.2) is 0 Å². The molecule has 1 amide bonds. The molecule has 2 heterocycles. The van der Waals surface area contributed by atoms with Crippen LogP contribution in [0.1, 0.15) is 18.1 Å². The fraction of sp³-hybridized carbons (Fsp3) is 0.176. The van der Waals surface area contributed by atoms with Gasteiger partial charge in [-0.2, -0.15) is 0 Å². The third-order valence-electron chi connectivity index (χ3n) is 3.97. The second-order valence-electron chi connectivity index (χ2n) is 5.44. The molecule has 1 aliphatic carbocycles. The van der Waals surface area contributed by atoms with E-state index in [1.54, 1.807) is 18.7 Å². The van der Waals surface area contributed by atoms with E-state index in [4.69, 9.17) is 4.42 Å². The molecule has 1 saturated carbocycles. The van der Waals surface area contributed by atoms with Gasteiger partial charge >= 0.3 is 0 Å². The molecule has 0 spiro atoms. The standard InChI is InChI=1S/C17H15N3O2/c21-17(13-10-12(13)15-6-3-9-22-15)20-14-5-2-1-4-11(14)16-18-7-8-19-16/h1-9,12-13H,10H2,(H,18,19)(H,20,21). The number of furan rings is 1. The molecule has 0 aliphatic heterocycles. The number of para-hydroxylation sites is 1. The molecule has 2 aromatic heterocycles. The Morgan fingerprint density at radius 3 is 2.95 bits per heavy atom. The van der Waals surface area contributed by atoms with Crippen molar-refractivity contribution in [2.75, 3.05) is 5.32 Å². The van der Waals surface area contributed by atoms with E-state index in [1.807, 2.05) is 36.4 Å². The molecule has 4 rings (SSSR count). The molecule has 2 N–H and O–H groups in total. The predicted octanol–water partition coefficient (Wildman–Crippen LogP) is 3.41. The van der Waals surface area contributed by atoms with Crippen LogP contribution in [-0.2, 0) is 4.79 Å². The molecule has 2 atom stereocenters. The number of carbonyl (C=O) groups is 1. The second kappa shape index (κ2) is 5.18. The Kier molecular flexibility index (Phi) is 3.04. The van der Waals surface area contributed by atoms with E-state index in [9.17, 15) is 4.79 Å². The largest absolute Gasteiger partial charge is 0.469 e. The average Bonchev–Trinajstić information content (AvgIpc) is 2.96. The van der Waals surface area contributed by atoms with Crippen LogP contribution in [0.25, 0.3) is 11.4 Å². The summed E-state index contributed by atoms with van der Waals surface area (Å²) in [5.41, 5.74) is 1.66. The van der Waals surface area contributed by atoms with Gasteiger partial charge in [0.25, 0.3) is 0 Å². The highest BCUT2D eigenvalue weighted by atomic mass is 16.3. The highest BCUT2D eigenvalue weighted by Gasteiger charge is 2.45. The summed E-state index contributed by atoms with van der Waals surface area (Å²) >= 11 is 0. The molecule has 22 heavy (non-hydrogen) atoms. The smallest absolute Gasteiger partial charge is 0.228 e. The fourth-order valence-electron chi connectivity index (χ4n) is 2.74. The maximum absolute atomic E-state index is 12.4. The lowest BCUT2D eigenvalue weighted by Crippen LogP contribution is -2.15. The number of imidazole rings is 1. The number of nitrogens with zero attached hydrogens (tertiary/aromatic N) is 1. The van der Waals surface area contributed by atoms with Crippen molar-refractivity contribution in [1.82, 2.24) is 9.97 Å². The first-order valence-electron chi connectivity index (χ1n) is 7.26. The van der Waals surface area contributed by atoms with Gasteiger partial charge in [-0.3, -0.25) is 4.79 Å². The summed E-state index contributed by atoms with van der Waals surface area (Å²) < 4.78 is 5.38. The minimum absolute atomic E-state index is 0.0178. The fourth-order valence-corrected chi connectivity index (χ4v) is 2.74. The number of hydrogen-bond acceptors (Lipinski definition) is 3. The summed E-state index contributed by atoms with van der Waals surface area (Å²) in [5.74, 6) is 1.84. The van der Waals surface area contributed by atoms with Gasteiger partial charge in [-0.05, 0) is 30.7 Å². The monoisotopic (exact) mass is 293 g/mol. The quantitative estimate of drug-likeness (QED) is 0.774. The Morgan fingerprint density at radius 1 is 1.27 bits per heavy atom. The molecule has 2 unspecified atom stereocenters. The lowest BCUT2D eigenvalue weighted by molar-refractivity contribution is -0.117. The zero-order valence-corrected chi connectivity index (χ0v) is 11.8. The SMILES string of the molecule is O=C(Nc1ccccc1-c1ncc[nH]1)C1CC1c1ccco1. The van der Waals surface area contributed by atoms with Crippen molar-refractivity contribution in [2.45, 2.75) is 12.3 Å². The Labute approximate surface area is 127 Å². The summed E-state index contributed by atoms with van der Waals surface area (Å²) in [5, 5.41) is 3.01. The number of aromatic nitrogens is 2. The van der Waals surface area contributed by atoms with Gasteiger partial charge in [-0.15, -0.1) is 0 Å². The summed E-state index contributed by atoms with van der Waals surface area (Å²) in [6.45, 7) is 0. The number of carbonyl (C=O) groups excluding carboxylic acids is 1. The molecule has 3 aromatic rings. The molecular weight excluding hydrogens is 278 g/mol. The third-order valence-corrected chi connectivity index (χ3v) is 3.97. The summed E-state index contributed by atoms with van der Waals surface area (Å²) in [6.07, 6.45) is 5.95. The van der Waals surface area contributed by atoms with Gasteiger partial charge in [0, 0.05) is 29.8 Å². The minimum atomic E-state index is -0.0178. The van der Waals surface area contributed by atoms with Crippen molar-refractivity contribution in [3.8, 4) is 11.4 Å². The van der Waals surface area contributed by atoms with Crippen molar-refractivity contribution in [2.24, 2.45) is 5.92 Å². The topological polar surface area (TPSA) is 70.9 Å². The lowest BCUT2D eigenvalue weighted by Gasteiger charge is -2.09. The van der Waals surface area contributed by atoms with E-state index in [2.05, 4.69) is 15.3 Å². The predicted molar refractivity (Wildman–Crippen MR) is 82.2 cm³/mol. The van der Waals surface area contributed by atoms with Crippen LogP contribution in [-0.4, -0.2) is 15.9 Å². The van der Waals surface area contributed by atoms with Crippen molar-refractivity contribution < 1.29 is 9.21 Å². The molecule has 1 aliphatic rings. The first-order chi connectivity index (χ1) is 10.8. The molecule has 5 heteroatoms. The number of amides is 1. The number of aromatic amines is 1. The van der Waals surface area contributed by atoms with Crippen LogP contribution in [0, 0.1) is 5.92 Å². The minimum Gasteiger partial charge on any atom is -0.469 e. The molecule has 0 radical (unpaired) electrons. The van der Waals surface area contributed by atoms with E-state index in [-0.39, 0.29) is 17.7 Å². The van der Waals surface area contributed by atoms with Gasteiger partial charge in [0.05, 0.1) is 12.0 Å². The molecule has 0 bridgehead atoms. The van der Waals surface area contributed by atoms with Gasteiger partial charge in [0.1, 0.15) is 11.6 Å². The lowest BCUT2D eigenvalue weighted by atomic mass is 10.1. The second-order valence-corrected chi connectivity index (χ2v) is 5.44. The van der Waals surface area contributed by atoms with Gasteiger partial charge < -0.3 is 14.7 Å². The Balaban J connectivity index is 1.52. The Morgan fingerprint density at radius 2 is 2.18 bits per heavy atom. The maximum atomic E-state index is 12.4. The van der Waals surface area contributed by atoms with Crippen LogP contribution >= 0.6 is 0 Å². The number of H-pyrrole nitrogens is 1. The number of anilines is 1. The zero-order chi connectivity index (χ0) is 14.9. The Bertz CT molecular complexity index is 778. The van der Waals surface area contributed by atoms with Crippen LogP contribution in [0.15, 0.2) is 59.5 Å². The number of rotatable bonds is 4. The highest BCUT2D eigenvalue weighted by molar-refractivity contribution is 5.98. The molecule has 1 aromatic carbocycles.